The Morgan fingerprint density at radius 1 is 0.730 bits per heavy atom. The predicted molar refractivity (Wildman–Crippen MR) is 259 cm³/mol. The second kappa shape index (κ2) is 21.8. The first kappa shape index (κ1) is 44.9. The molecular formula is C59H73NO3. The first-order valence-electron chi connectivity index (χ1n) is 24.8. The van der Waals surface area contributed by atoms with Crippen LogP contribution in [0, 0.1) is 53.3 Å². The molecule has 0 saturated heterocycles. The molecule has 4 aromatic carbocycles. The van der Waals surface area contributed by atoms with Gasteiger partial charge in [0.15, 0.2) is 0 Å². The van der Waals surface area contributed by atoms with Gasteiger partial charge in [-0.25, -0.2) is 0 Å². The molecule has 4 N–H and O–H groups in total. The Bertz CT molecular complexity index is 2120. The molecule has 0 bridgehead atoms. The number of carbonyl (C=O) groups is 1. The Labute approximate surface area is 378 Å². The molecule has 0 aromatic heterocycles. The molecule has 8 rings (SSSR count). The molecule has 9 atom stereocenters. The summed E-state index contributed by atoms with van der Waals surface area (Å²) in [6, 6.07) is 38.7. The second-order valence-corrected chi connectivity index (χ2v) is 20.1. The number of fused-ring (bicyclic) bond motifs is 1. The van der Waals surface area contributed by atoms with E-state index in [0.29, 0.717) is 30.6 Å². The molecule has 4 aromatic rings. The average Bonchev–Trinajstić information content (AvgIpc) is 3.32. The maximum atomic E-state index is 13.5. The van der Waals surface area contributed by atoms with E-state index in [-0.39, 0.29) is 35.0 Å². The van der Waals surface area contributed by atoms with Gasteiger partial charge in [-0.05, 0) is 146 Å². The number of allylic oxidation sites excluding steroid dienone is 4. The highest BCUT2D eigenvalue weighted by Crippen LogP contribution is 2.58. The van der Waals surface area contributed by atoms with E-state index >= 15 is 0 Å². The number of hydrogen-bond donors (Lipinski definition) is 3. The average molecular weight is 844 g/mol. The van der Waals surface area contributed by atoms with E-state index in [9.17, 15) is 15.0 Å². The van der Waals surface area contributed by atoms with Crippen molar-refractivity contribution in [3.8, 4) is 5.75 Å². The zero-order valence-corrected chi connectivity index (χ0v) is 37.7. The first-order valence-corrected chi connectivity index (χ1v) is 24.8. The summed E-state index contributed by atoms with van der Waals surface area (Å²) in [5, 5.41) is 22.3. The van der Waals surface area contributed by atoms with Crippen molar-refractivity contribution in [2.75, 3.05) is 6.54 Å². The lowest BCUT2D eigenvalue weighted by atomic mass is 9.48. The van der Waals surface area contributed by atoms with Crippen LogP contribution in [0.25, 0.3) is 0 Å². The van der Waals surface area contributed by atoms with Crippen LogP contribution in [-0.4, -0.2) is 22.7 Å². The molecule has 0 radical (unpaired) electrons. The van der Waals surface area contributed by atoms with Gasteiger partial charge >= 0.3 is 5.97 Å². The van der Waals surface area contributed by atoms with Crippen LogP contribution in [0.4, 0.5) is 0 Å². The molecule has 2 fully saturated rings. The van der Waals surface area contributed by atoms with Crippen molar-refractivity contribution in [2.45, 2.75) is 115 Å². The zero-order valence-electron chi connectivity index (χ0n) is 37.7. The molecule has 4 aliphatic rings. The van der Waals surface area contributed by atoms with Gasteiger partial charge in [0, 0.05) is 11.8 Å². The third-order valence-corrected chi connectivity index (χ3v) is 16.1. The summed E-state index contributed by atoms with van der Waals surface area (Å²) in [6.07, 6.45) is 33.8. The van der Waals surface area contributed by atoms with E-state index in [4.69, 9.17) is 5.73 Å². The normalized spacial score (nSPS) is 27.9. The van der Waals surface area contributed by atoms with Gasteiger partial charge in [0.05, 0.1) is 5.92 Å². The summed E-state index contributed by atoms with van der Waals surface area (Å²) in [6.45, 7) is 0.529. The fraction of sp³-hybridized carbons (Fsp3) is 0.475. The van der Waals surface area contributed by atoms with Crippen LogP contribution in [-0.2, 0) is 29.5 Å². The lowest BCUT2D eigenvalue weighted by Crippen LogP contribution is -2.53. The van der Waals surface area contributed by atoms with Crippen LogP contribution < -0.4 is 5.73 Å². The molecule has 0 aliphatic heterocycles. The summed E-state index contributed by atoms with van der Waals surface area (Å²) < 4.78 is 0. The number of rotatable bonds is 18. The molecule has 332 valence electrons. The van der Waals surface area contributed by atoms with Crippen LogP contribution in [0.5, 0.6) is 5.75 Å². The summed E-state index contributed by atoms with van der Waals surface area (Å²) in [5.41, 5.74) is 12.6. The Morgan fingerprint density at radius 3 is 2.14 bits per heavy atom. The van der Waals surface area contributed by atoms with Crippen molar-refractivity contribution in [3.63, 3.8) is 0 Å². The smallest absolute Gasteiger partial charge is 0.310 e. The maximum Gasteiger partial charge on any atom is 0.310 e. The number of nitrogens with two attached hydrogens (primary N) is 1. The van der Waals surface area contributed by atoms with Crippen molar-refractivity contribution in [1.29, 1.82) is 0 Å². The Kier molecular flexibility index (Phi) is 15.5. The summed E-state index contributed by atoms with van der Waals surface area (Å²) in [7, 11) is 0. The summed E-state index contributed by atoms with van der Waals surface area (Å²) in [5.74, 6) is 1.44. The van der Waals surface area contributed by atoms with E-state index < -0.39 is 11.9 Å². The zero-order chi connectivity index (χ0) is 43.4. The van der Waals surface area contributed by atoms with Gasteiger partial charge in [0.2, 0.25) is 0 Å². The number of phenolic OH excluding ortho intramolecular Hbond substituents is 1. The SMILES string of the molecule is NC[C@@H]1C=C[C@@H](C(=O)O)[C@H]2[C@@H]1[C@@H](C[C@@H](C/C=C\CCC1CCCCC1)CCc1ccccc1)C=C[C@@H]2[C@]1(c2ccccc2)CCC[C@@H](Cc2ccc(Cc3ccccc3)c(O)c2)C1. The third kappa shape index (κ3) is 11.2. The summed E-state index contributed by atoms with van der Waals surface area (Å²) in [4.78, 5) is 13.5. The number of aliphatic carboxylic acids is 1. The van der Waals surface area contributed by atoms with Crippen LogP contribution in [0.3, 0.4) is 0 Å². The fourth-order valence-corrected chi connectivity index (χ4v) is 13.0. The van der Waals surface area contributed by atoms with Gasteiger partial charge in [-0.15, -0.1) is 0 Å². The van der Waals surface area contributed by atoms with Crippen molar-refractivity contribution in [2.24, 2.45) is 59.0 Å². The minimum Gasteiger partial charge on any atom is -0.508 e. The van der Waals surface area contributed by atoms with Crippen molar-refractivity contribution < 1.29 is 15.0 Å². The number of benzene rings is 4. The van der Waals surface area contributed by atoms with Gasteiger partial charge in [-0.1, -0.05) is 185 Å². The molecule has 63 heavy (non-hydrogen) atoms. The second-order valence-electron chi connectivity index (χ2n) is 20.1. The fourth-order valence-electron chi connectivity index (χ4n) is 13.0. The van der Waals surface area contributed by atoms with Crippen molar-refractivity contribution in [3.05, 3.63) is 173 Å². The van der Waals surface area contributed by atoms with E-state index in [2.05, 4.69) is 115 Å². The predicted octanol–water partition coefficient (Wildman–Crippen LogP) is 13.5. The van der Waals surface area contributed by atoms with Crippen molar-refractivity contribution >= 4 is 5.97 Å². The summed E-state index contributed by atoms with van der Waals surface area (Å²) >= 11 is 0. The molecular weight excluding hydrogens is 771 g/mol. The lowest BCUT2D eigenvalue weighted by Gasteiger charge is -2.56. The molecule has 2 saturated carbocycles. The minimum atomic E-state index is -0.709. The standard InChI is InChI=1S/C59H73NO3/c60-42-51-32-34-53(58(62)63)57-54(35-33-50(56(51)57)39-46(29-28-44-20-9-2-10-21-44)24-13-3-8-19-43-17-6-1-7-18-43)59(52-26-14-5-15-27-52)36-16-25-48(41-59)37-47-30-31-49(55(61)40-47)38-45-22-11-4-12-23-45/h2-5,9-15,20-23,26-27,30-35,40,43,46,48,50-51,53-54,56-57,61H,1,6-8,16-19,24-25,28-29,36-39,41-42,60H2,(H,62,63)/b13-3-/t46-,48-,50+,51-,53+,54-,56+,57+,59+/m0/s1. The molecule has 4 aliphatic carbocycles. The van der Waals surface area contributed by atoms with E-state index in [1.54, 1.807) is 0 Å². The quantitative estimate of drug-likeness (QED) is 0.0871. The number of aromatic hydroxyl groups is 1. The van der Waals surface area contributed by atoms with Gasteiger partial charge in [-0.3, -0.25) is 4.79 Å². The third-order valence-electron chi connectivity index (χ3n) is 16.1. The Morgan fingerprint density at radius 2 is 1.43 bits per heavy atom. The van der Waals surface area contributed by atoms with Crippen LogP contribution in [0.15, 0.2) is 146 Å². The van der Waals surface area contributed by atoms with Gasteiger partial charge in [0.25, 0.3) is 0 Å². The first-order chi connectivity index (χ1) is 30.9. The molecule has 0 spiro atoms. The lowest BCUT2D eigenvalue weighted by molar-refractivity contribution is -0.145. The highest BCUT2D eigenvalue weighted by Gasteiger charge is 2.55. The number of carboxylic acid groups (broad SMARTS) is 1. The number of carboxylic acids is 1. The molecule has 0 unspecified atom stereocenters. The van der Waals surface area contributed by atoms with Crippen LogP contribution in [0.2, 0.25) is 0 Å². The number of aryl methyl sites for hydroxylation is 1. The highest BCUT2D eigenvalue weighted by atomic mass is 16.4. The van der Waals surface area contributed by atoms with E-state index in [1.165, 1.54) is 67.2 Å². The van der Waals surface area contributed by atoms with Gasteiger partial charge < -0.3 is 15.9 Å². The number of hydrogen-bond acceptors (Lipinski definition) is 3. The van der Waals surface area contributed by atoms with Crippen LogP contribution >= 0.6 is 0 Å². The van der Waals surface area contributed by atoms with Crippen molar-refractivity contribution in [1.82, 2.24) is 0 Å². The van der Waals surface area contributed by atoms with Gasteiger partial charge in [0.1, 0.15) is 5.75 Å². The Balaban J connectivity index is 1.08. The van der Waals surface area contributed by atoms with E-state index in [0.717, 1.165) is 69.3 Å². The molecule has 0 heterocycles. The molecule has 4 nitrogen and oxygen atoms in total. The monoisotopic (exact) mass is 844 g/mol. The number of phenols is 1. The molecule has 4 heteroatoms. The molecule has 0 amide bonds. The van der Waals surface area contributed by atoms with Crippen LogP contribution in [0.1, 0.15) is 118 Å². The topological polar surface area (TPSA) is 83.6 Å². The Hall–Kier alpha value is -4.67. The largest absolute Gasteiger partial charge is 0.508 e. The minimum absolute atomic E-state index is 0.0582. The van der Waals surface area contributed by atoms with E-state index in [1.807, 2.05) is 30.3 Å². The maximum absolute atomic E-state index is 13.5. The van der Waals surface area contributed by atoms with Gasteiger partial charge in [-0.2, -0.15) is 0 Å². The highest BCUT2D eigenvalue weighted by molar-refractivity contribution is 5.73.